The maximum absolute atomic E-state index is 8.52. The van der Waals surface area contributed by atoms with Crippen molar-refractivity contribution in [2.24, 2.45) is 0 Å². The molecule has 84 valence electrons. The van der Waals surface area contributed by atoms with Crippen LogP contribution in [0.25, 0.3) is 0 Å². The van der Waals surface area contributed by atoms with Gasteiger partial charge in [0.25, 0.3) is 0 Å². The second-order valence-corrected chi connectivity index (χ2v) is 3.57. The lowest BCUT2D eigenvalue weighted by Crippen LogP contribution is -2.20. The largest absolute Gasteiger partial charge is 0.493 e. The zero-order chi connectivity index (χ0) is 10.9. The topological polar surface area (TPSA) is 41.5 Å². The van der Waals surface area contributed by atoms with Gasteiger partial charge in [-0.25, -0.2) is 0 Å². The van der Waals surface area contributed by atoms with Crippen LogP contribution in [0.1, 0.15) is 6.42 Å². The SMILES string of the molecule is OCCNCCCOc1cccc(Cl)c1. The molecule has 0 amide bonds. The molecule has 0 bridgehead atoms. The number of benzene rings is 1. The molecule has 15 heavy (non-hydrogen) atoms. The van der Waals surface area contributed by atoms with Crippen molar-refractivity contribution < 1.29 is 9.84 Å². The molecule has 0 heterocycles. The van der Waals surface area contributed by atoms with E-state index in [-0.39, 0.29) is 6.61 Å². The molecular weight excluding hydrogens is 214 g/mol. The van der Waals surface area contributed by atoms with Gasteiger partial charge in [0.05, 0.1) is 13.2 Å². The molecule has 0 aliphatic heterocycles. The fourth-order valence-corrected chi connectivity index (χ4v) is 1.33. The van der Waals surface area contributed by atoms with Crippen LogP contribution < -0.4 is 10.1 Å². The number of aliphatic hydroxyl groups is 1. The molecule has 1 aromatic carbocycles. The summed E-state index contributed by atoms with van der Waals surface area (Å²) >= 11 is 5.81. The lowest BCUT2D eigenvalue weighted by molar-refractivity contribution is 0.282. The molecule has 0 aliphatic rings. The first-order chi connectivity index (χ1) is 7.33. The van der Waals surface area contributed by atoms with Gasteiger partial charge in [-0.3, -0.25) is 0 Å². The summed E-state index contributed by atoms with van der Waals surface area (Å²) < 4.78 is 5.48. The van der Waals surface area contributed by atoms with Crippen molar-refractivity contribution in [2.75, 3.05) is 26.3 Å². The van der Waals surface area contributed by atoms with Crippen molar-refractivity contribution in [1.82, 2.24) is 5.32 Å². The van der Waals surface area contributed by atoms with Crippen LogP contribution in [0.15, 0.2) is 24.3 Å². The molecule has 3 nitrogen and oxygen atoms in total. The minimum absolute atomic E-state index is 0.176. The third-order valence-electron chi connectivity index (χ3n) is 1.85. The number of ether oxygens (including phenoxy) is 1. The fraction of sp³-hybridized carbons (Fsp3) is 0.455. The Hall–Kier alpha value is -0.770. The molecule has 0 aromatic heterocycles. The van der Waals surface area contributed by atoms with Crippen molar-refractivity contribution in [3.05, 3.63) is 29.3 Å². The monoisotopic (exact) mass is 229 g/mol. The van der Waals surface area contributed by atoms with E-state index in [0.717, 1.165) is 18.7 Å². The summed E-state index contributed by atoms with van der Waals surface area (Å²) in [5.41, 5.74) is 0. The summed E-state index contributed by atoms with van der Waals surface area (Å²) in [6, 6.07) is 7.36. The number of hydrogen-bond donors (Lipinski definition) is 2. The molecule has 0 unspecified atom stereocenters. The molecule has 0 fully saturated rings. The summed E-state index contributed by atoms with van der Waals surface area (Å²) in [7, 11) is 0. The Morgan fingerprint density at radius 2 is 2.20 bits per heavy atom. The van der Waals surface area contributed by atoms with Gasteiger partial charge in [0, 0.05) is 11.6 Å². The Kier molecular flexibility index (Phi) is 6.16. The van der Waals surface area contributed by atoms with Crippen molar-refractivity contribution in [1.29, 1.82) is 0 Å². The number of halogens is 1. The number of aliphatic hydroxyl groups excluding tert-OH is 1. The minimum Gasteiger partial charge on any atom is -0.493 e. The Balaban J connectivity index is 2.10. The van der Waals surface area contributed by atoms with Gasteiger partial charge in [-0.2, -0.15) is 0 Å². The first-order valence-corrected chi connectivity index (χ1v) is 5.40. The van der Waals surface area contributed by atoms with Crippen LogP contribution in [0.3, 0.4) is 0 Å². The highest BCUT2D eigenvalue weighted by Gasteiger charge is 1.94. The summed E-state index contributed by atoms with van der Waals surface area (Å²) in [5.74, 6) is 0.796. The smallest absolute Gasteiger partial charge is 0.120 e. The van der Waals surface area contributed by atoms with Crippen LogP contribution in [0, 0.1) is 0 Å². The van der Waals surface area contributed by atoms with E-state index >= 15 is 0 Å². The van der Waals surface area contributed by atoms with Gasteiger partial charge < -0.3 is 15.2 Å². The second kappa shape index (κ2) is 7.51. The van der Waals surface area contributed by atoms with Crippen LogP contribution in [0.4, 0.5) is 0 Å². The van der Waals surface area contributed by atoms with Crippen LogP contribution in [0.5, 0.6) is 5.75 Å². The Labute approximate surface area is 95.0 Å². The van der Waals surface area contributed by atoms with Crippen molar-refractivity contribution in [3.8, 4) is 5.75 Å². The third kappa shape index (κ3) is 5.62. The third-order valence-corrected chi connectivity index (χ3v) is 2.09. The summed E-state index contributed by atoms with van der Waals surface area (Å²) in [4.78, 5) is 0. The van der Waals surface area contributed by atoms with E-state index in [0.29, 0.717) is 18.2 Å². The maximum Gasteiger partial charge on any atom is 0.120 e. The first kappa shape index (κ1) is 12.3. The average Bonchev–Trinajstić information content (AvgIpc) is 2.23. The van der Waals surface area contributed by atoms with E-state index in [4.69, 9.17) is 21.4 Å². The van der Waals surface area contributed by atoms with Gasteiger partial charge in [0.2, 0.25) is 0 Å². The van der Waals surface area contributed by atoms with Crippen LogP contribution in [-0.2, 0) is 0 Å². The van der Waals surface area contributed by atoms with E-state index in [1.54, 1.807) is 6.07 Å². The zero-order valence-electron chi connectivity index (χ0n) is 8.58. The van der Waals surface area contributed by atoms with E-state index in [9.17, 15) is 0 Å². The standard InChI is InChI=1S/C11H16ClNO2/c12-10-3-1-4-11(9-10)15-8-2-5-13-6-7-14/h1,3-4,9,13-14H,2,5-8H2. The molecule has 1 rings (SSSR count). The number of hydrogen-bond acceptors (Lipinski definition) is 3. The van der Waals surface area contributed by atoms with Crippen molar-refractivity contribution in [3.63, 3.8) is 0 Å². The van der Waals surface area contributed by atoms with E-state index in [1.807, 2.05) is 18.2 Å². The zero-order valence-corrected chi connectivity index (χ0v) is 9.33. The van der Waals surface area contributed by atoms with Crippen LogP contribution >= 0.6 is 11.6 Å². The predicted molar refractivity (Wildman–Crippen MR) is 61.5 cm³/mol. The maximum atomic E-state index is 8.52. The Morgan fingerprint density at radius 1 is 1.33 bits per heavy atom. The molecule has 0 saturated heterocycles. The fourth-order valence-electron chi connectivity index (χ4n) is 1.15. The van der Waals surface area contributed by atoms with Crippen molar-refractivity contribution in [2.45, 2.75) is 6.42 Å². The summed E-state index contributed by atoms with van der Waals surface area (Å²) in [6.45, 7) is 2.31. The lowest BCUT2D eigenvalue weighted by Gasteiger charge is -2.06. The van der Waals surface area contributed by atoms with Crippen molar-refractivity contribution >= 4 is 11.6 Å². The van der Waals surface area contributed by atoms with Gasteiger partial charge in [0.1, 0.15) is 5.75 Å². The van der Waals surface area contributed by atoms with E-state index in [2.05, 4.69) is 5.32 Å². The number of rotatable bonds is 7. The molecule has 0 aliphatic carbocycles. The van der Waals surface area contributed by atoms with Crippen LogP contribution in [-0.4, -0.2) is 31.4 Å². The minimum atomic E-state index is 0.176. The molecule has 0 radical (unpaired) electrons. The first-order valence-electron chi connectivity index (χ1n) is 5.03. The quantitative estimate of drug-likeness (QED) is 0.700. The van der Waals surface area contributed by atoms with Gasteiger partial charge in [-0.1, -0.05) is 17.7 Å². The predicted octanol–water partition coefficient (Wildman–Crippen LogP) is 1.69. The molecule has 4 heteroatoms. The van der Waals surface area contributed by atoms with Crippen LogP contribution in [0.2, 0.25) is 5.02 Å². The lowest BCUT2D eigenvalue weighted by atomic mass is 10.3. The molecule has 2 N–H and O–H groups in total. The number of nitrogens with one attached hydrogen (secondary N) is 1. The van der Waals surface area contributed by atoms with E-state index < -0.39 is 0 Å². The highest BCUT2D eigenvalue weighted by Crippen LogP contribution is 2.16. The van der Waals surface area contributed by atoms with Gasteiger partial charge in [-0.15, -0.1) is 0 Å². The Morgan fingerprint density at radius 3 is 2.93 bits per heavy atom. The highest BCUT2D eigenvalue weighted by molar-refractivity contribution is 6.30. The second-order valence-electron chi connectivity index (χ2n) is 3.13. The van der Waals surface area contributed by atoms with E-state index in [1.165, 1.54) is 0 Å². The van der Waals surface area contributed by atoms with Gasteiger partial charge in [0.15, 0.2) is 0 Å². The molecule has 0 atom stereocenters. The summed E-state index contributed by atoms with van der Waals surface area (Å²) in [6.07, 6.45) is 0.909. The molecular formula is C11H16ClNO2. The average molecular weight is 230 g/mol. The molecule has 0 spiro atoms. The van der Waals surface area contributed by atoms with Gasteiger partial charge >= 0.3 is 0 Å². The van der Waals surface area contributed by atoms with Gasteiger partial charge in [-0.05, 0) is 31.2 Å². The molecule has 0 saturated carbocycles. The highest BCUT2D eigenvalue weighted by atomic mass is 35.5. The molecule has 1 aromatic rings. The summed E-state index contributed by atoms with van der Waals surface area (Å²) in [5, 5.41) is 12.3. The Bertz CT molecular complexity index is 281. The normalized spacial score (nSPS) is 10.3.